The summed E-state index contributed by atoms with van der Waals surface area (Å²) in [6.45, 7) is 4.35. The molecule has 0 spiro atoms. The predicted octanol–water partition coefficient (Wildman–Crippen LogP) is 3.32. The Morgan fingerprint density at radius 1 is 1.31 bits per heavy atom. The third-order valence-corrected chi connectivity index (χ3v) is 5.05. The molecule has 0 atom stereocenters. The largest absolute Gasteiger partial charge is 0.341 e. The molecule has 0 bridgehead atoms. The maximum atomic E-state index is 12.7. The molecule has 6 nitrogen and oxygen atoms in total. The van der Waals surface area contributed by atoms with Gasteiger partial charge < -0.3 is 4.90 Å². The number of nitrogens with zero attached hydrogens (tertiary/aromatic N) is 5. The van der Waals surface area contributed by atoms with Crippen LogP contribution in [-0.2, 0) is 17.8 Å². The van der Waals surface area contributed by atoms with Gasteiger partial charge in [0.05, 0.1) is 6.42 Å². The molecule has 1 amide bonds. The van der Waals surface area contributed by atoms with Crippen molar-refractivity contribution in [1.29, 1.82) is 0 Å². The van der Waals surface area contributed by atoms with Gasteiger partial charge in [0.1, 0.15) is 0 Å². The number of amides is 1. The van der Waals surface area contributed by atoms with E-state index >= 15 is 0 Å². The van der Waals surface area contributed by atoms with E-state index in [-0.39, 0.29) is 12.3 Å². The number of hydrogen-bond acceptors (Lipinski definition) is 5. The van der Waals surface area contributed by atoms with Crippen molar-refractivity contribution in [3.63, 3.8) is 0 Å². The number of halogens is 1. The molecule has 0 aliphatic heterocycles. The van der Waals surface area contributed by atoms with Gasteiger partial charge in [0.2, 0.25) is 11.1 Å². The fourth-order valence-electron chi connectivity index (χ4n) is 2.82. The molecule has 0 unspecified atom stereocenters. The van der Waals surface area contributed by atoms with E-state index in [0.29, 0.717) is 22.5 Å². The second-order valence-electron chi connectivity index (χ2n) is 6.13. The van der Waals surface area contributed by atoms with Crippen molar-refractivity contribution < 1.29 is 4.79 Å². The van der Waals surface area contributed by atoms with Gasteiger partial charge in [0, 0.05) is 35.6 Å². The SMILES string of the molecule is CSc1nc2nc(C)c(CC(=O)N(C)Cc3cccc(Cl)c3)c(C)n2n1. The summed E-state index contributed by atoms with van der Waals surface area (Å²) in [5.74, 6) is 0.579. The Labute approximate surface area is 161 Å². The van der Waals surface area contributed by atoms with E-state index in [1.807, 2.05) is 44.4 Å². The molecule has 3 rings (SSSR count). The minimum Gasteiger partial charge on any atom is -0.341 e. The molecule has 136 valence electrons. The third-order valence-electron chi connectivity index (χ3n) is 4.27. The van der Waals surface area contributed by atoms with Crippen molar-refractivity contribution >= 4 is 35.0 Å². The van der Waals surface area contributed by atoms with Gasteiger partial charge in [0.15, 0.2) is 0 Å². The summed E-state index contributed by atoms with van der Waals surface area (Å²) in [6.07, 6.45) is 2.19. The van der Waals surface area contributed by atoms with Gasteiger partial charge >= 0.3 is 0 Å². The molecule has 0 aliphatic rings. The maximum absolute atomic E-state index is 12.7. The Kier molecular flexibility index (Phi) is 5.48. The first-order valence-corrected chi connectivity index (χ1v) is 9.74. The van der Waals surface area contributed by atoms with E-state index in [0.717, 1.165) is 22.5 Å². The lowest BCUT2D eigenvalue weighted by Crippen LogP contribution is -2.28. The van der Waals surface area contributed by atoms with Crippen molar-refractivity contribution in [3.8, 4) is 0 Å². The van der Waals surface area contributed by atoms with Crippen LogP contribution in [0.3, 0.4) is 0 Å². The zero-order chi connectivity index (χ0) is 18.8. The van der Waals surface area contributed by atoms with E-state index in [1.165, 1.54) is 11.8 Å². The number of aryl methyl sites for hydroxylation is 2. The summed E-state index contributed by atoms with van der Waals surface area (Å²) in [4.78, 5) is 23.3. The van der Waals surface area contributed by atoms with E-state index in [4.69, 9.17) is 11.6 Å². The molecule has 3 aromatic rings. The molecule has 2 aromatic heterocycles. The van der Waals surface area contributed by atoms with Crippen LogP contribution in [0.2, 0.25) is 5.02 Å². The molecule has 26 heavy (non-hydrogen) atoms. The van der Waals surface area contributed by atoms with Crippen LogP contribution < -0.4 is 0 Å². The van der Waals surface area contributed by atoms with Crippen molar-refractivity contribution in [1.82, 2.24) is 24.5 Å². The van der Waals surface area contributed by atoms with Crippen molar-refractivity contribution in [2.24, 2.45) is 0 Å². The second kappa shape index (κ2) is 7.63. The molecule has 0 saturated carbocycles. The Morgan fingerprint density at radius 3 is 2.77 bits per heavy atom. The zero-order valence-corrected chi connectivity index (χ0v) is 16.7. The van der Waals surface area contributed by atoms with E-state index in [9.17, 15) is 4.79 Å². The summed E-state index contributed by atoms with van der Waals surface area (Å²) in [5, 5.41) is 5.76. The van der Waals surface area contributed by atoms with Crippen LogP contribution in [0.5, 0.6) is 0 Å². The molecule has 0 fully saturated rings. The van der Waals surface area contributed by atoms with Crippen molar-refractivity contribution in [2.45, 2.75) is 32.0 Å². The number of aromatic nitrogens is 4. The Bertz CT molecular complexity index is 972. The molecule has 0 aliphatic carbocycles. The first-order chi connectivity index (χ1) is 12.4. The van der Waals surface area contributed by atoms with Gasteiger partial charge in [-0.3, -0.25) is 4.79 Å². The molecule has 8 heteroatoms. The van der Waals surface area contributed by atoms with Gasteiger partial charge in [-0.15, -0.1) is 5.10 Å². The third kappa shape index (κ3) is 3.83. The predicted molar refractivity (Wildman–Crippen MR) is 104 cm³/mol. The smallest absolute Gasteiger partial charge is 0.253 e. The van der Waals surface area contributed by atoms with Gasteiger partial charge in [0.25, 0.3) is 5.78 Å². The molecular formula is C18H20ClN5OS. The number of carbonyl (C=O) groups is 1. The number of thioether (sulfide) groups is 1. The standard InChI is InChI=1S/C18H20ClN5OS/c1-11-15(12(2)24-17(20-11)21-18(22-24)26-4)9-16(25)23(3)10-13-6-5-7-14(19)8-13/h5-8H,9-10H2,1-4H3. The highest BCUT2D eigenvalue weighted by molar-refractivity contribution is 7.98. The molecule has 1 aromatic carbocycles. The van der Waals surface area contributed by atoms with E-state index < -0.39 is 0 Å². The van der Waals surface area contributed by atoms with Gasteiger partial charge in [-0.05, 0) is 37.8 Å². The Balaban J connectivity index is 1.82. The summed E-state index contributed by atoms with van der Waals surface area (Å²) < 4.78 is 1.71. The molecule has 0 radical (unpaired) electrons. The lowest BCUT2D eigenvalue weighted by molar-refractivity contribution is -0.129. The number of likely N-dealkylation sites (N-methyl/N-ethyl adjacent to an activating group) is 1. The molecule has 0 saturated heterocycles. The van der Waals surface area contributed by atoms with Gasteiger partial charge in [-0.25, -0.2) is 9.50 Å². The first-order valence-electron chi connectivity index (χ1n) is 8.14. The highest BCUT2D eigenvalue weighted by Crippen LogP contribution is 2.18. The number of fused-ring (bicyclic) bond motifs is 1. The van der Waals surface area contributed by atoms with Crippen LogP contribution in [0.25, 0.3) is 5.78 Å². The topological polar surface area (TPSA) is 63.4 Å². The minimum atomic E-state index is 0.0162. The number of rotatable bonds is 5. The van der Waals surface area contributed by atoms with Gasteiger partial charge in [-0.1, -0.05) is 35.5 Å². The number of benzene rings is 1. The van der Waals surface area contributed by atoms with Crippen LogP contribution in [0, 0.1) is 13.8 Å². The lowest BCUT2D eigenvalue weighted by atomic mass is 10.1. The quantitative estimate of drug-likeness (QED) is 0.626. The molecule has 2 heterocycles. The maximum Gasteiger partial charge on any atom is 0.253 e. The number of hydrogen-bond donors (Lipinski definition) is 0. The highest BCUT2D eigenvalue weighted by Gasteiger charge is 2.18. The van der Waals surface area contributed by atoms with Crippen LogP contribution >= 0.6 is 23.4 Å². The zero-order valence-electron chi connectivity index (χ0n) is 15.2. The fourth-order valence-corrected chi connectivity index (χ4v) is 3.36. The monoisotopic (exact) mass is 389 g/mol. The van der Waals surface area contributed by atoms with Crippen molar-refractivity contribution in [3.05, 3.63) is 51.8 Å². The Hall–Kier alpha value is -2.12. The minimum absolute atomic E-state index is 0.0162. The molecular weight excluding hydrogens is 370 g/mol. The average molecular weight is 390 g/mol. The van der Waals surface area contributed by atoms with E-state index in [1.54, 1.807) is 16.5 Å². The van der Waals surface area contributed by atoms with Crippen LogP contribution in [-0.4, -0.2) is 43.7 Å². The summed E-state index contributed by atoms with van der Waals surface area (Å²) >= 11 is 7.49. The fraction of sp³-hybridized carbons (Fsp3) is 0.333. The average Bonchev–Trinajstić information content (AvgIpc) is 3.01. The second-order valence-corrected chi connectivity index (χ2v) is 7.34. The van der Waals surface area contributed by atoms with Crippen molar-refractivity contribution in [2.75, 3.05) is 13.3 Å². The molecule has 0 N–H and O–H groups in total. The van der Waals surface area contributed by atoms with E-state index in [2.05, 4.69) is 15.1 Å². The lowest BCUT2D eigenvalue weighted by Gasteiger charge is -2.19. The Morgan fingerprint density at radius 2 is 2.08 bits per heavy atom. The number of carbonyl (C=O) groups excluding carboxylic acids is 1. The summed E-state index contributed by atoms with van der Waals surface area (Å²) in [6, 6.07) is 7.53. The first kappa shape index (κ1) is 18.7. The van der Waals surface area contributed by atoms with Crippen LogP contribution in [0.15, 0.2) is 29.4 Å². The van der Waals surface area contributed by atoms with Crippen LogP contribution in [0.4, 0.5) is 0 Å². The highest BCUT2D eigenvalue weighted by atomic mass is 35.5. The summed E-state index contributed by atoms with van der Waals surface area (Å²) in [5.41, 5.74) is 3.58. The normalized spacial score (nSPS) is 11.1. The van der Waals surface area contributed by atoms with Gasteiger partial charge in [-0.2, -0.15) is 4.98 Å². The van der Waals surface area contributed by atoms with Crippen LogP contribution in [0.1, 0.15) is 22.5 Å². The summed E-state index contributed by atoms with van der Waals surface area (Å²) in [7, 11) is 1.79.